The molecule has 0 aliphatic rings. The van der Waals surface area contributed by atoms with Crippen LogP contribution in [0.15, 0.2) is 42.5 Å². The van der Waals surface area contributed by atoms with Crippen molar-refractivity contribution in [2.75, 3.05) is 7.11 Å². The van der Waals surface area contributed by atoms with E-state index in [2.05, 4.69) is 5.43 Å². The largest absolute Gasteiger partial charge is 0.496 e. The first-order valence-electron chi connectivity index (χ1n) is 6.49. The maximum absolute atomic E-state index is 13.3. The monoisotopic (exact) mass is 274 g/mol. The van der Waals surface area contributed by atoms with Gasteiger partial charge in [-0.05, 0) is 37.1 Å². The van der Waals surface area contributed by atoms with Crippen molar-refractivity contribution in [3.05, 3.63) is 65.0 Å². The Labute approximate surface area is 118 Å². The van der Waals surface area contributed by atoms with Crippen molar-refractivity contribution in [1.82, 2.24) is 5.43 Å². The number of nitrogens with one attached hydrogen (secondary N) is 1. The summed E-state index contributed by atoms with van der Waals surface area (Å²) in [4.78, 5) is 0. The summed E-state index contributed by atoms with van der Waals surface area (Å²) in [6.45, 7) is 2.01. The zero-order chi connectivity index (χ0) is 14.5. The van der Waals surface area contributed by atoms with Crippen LogP contribution in [0.1, 0.15) is 22.7 Å². The predicted molar refractivity (Wildman–Crippen MR) is 77.9 cm³/mol. The van der Waals surface area contributed by atoms with Crippen LogP contribution in [0.4, 0.5) is 4.39 Å². The molecule has 0 aliphatic heterocycles. The Kier molecular flexibility index (Phi) is 4.71. The number of methoxy groups -OCH3 is 1. The van der Waals surface area contributed by atoms with Gasteiger partial charge in [-0.1, -0.05) is 29.8 Å². The zero-order valence-electron chi connectivity index (χ0n) is 11.7. The Hall–Kier alpha value is -1.91. The summed E-state index contributed by atoms with van der Waals surface area (Å²) < 4.78 is 18.6. The van der Waals surface area contributed by atoms with Gasteiger partial charge in [0.1, 0.15) is 11.6 Å². The molecule has 0 aromatic heterocycles. The van der Waals surface area contributed by atoms with E-state index < -0.39 is 0 Å². The first-order valence-corrected chi connectivity index (χ1v) is 6.49. The van der Waals surface area contributed by atoms with Gasteiger partial charge in [0, 0.05) is 5.56 Å². The Morgan fingerprint density at radius 1 is 1.25 bits per heavy atom. The summed E-state index contributed by atoms with van der Waals surface area (Å²) in [6, 6.07) is 12.3. The molecule has 0 amide bonds. The topological polar surface area (TPSA) is 47.3 Å². The molecule has 0 bridgehead atoms. The number of halogens is 1. The summed E-state index contributed by atoms with van der Waals surface area (Å²) in [5, 5.41) is 0. The fourth-order valence-corrected chi connectivity index (χ4v) is 2.28. The lowest BCUT2D eigenvalue weighted by molar-refractivity contribution is 0.399. The second-order valence-electron chi connectivity index (χ2n) is 4.80. The third-order valence-electron chi connectivity index (χ3n) is 3.29. The molecule has 2 aromatic rings. The Balaban J connectivity index is 2.30. The second-order valence-corrected chi connectivity index (χ2v) is 4.80. The summed E-state index contributed by atoms with van der Waals surface area (Å²) in [7, 11) is 1.63. The molecule has 106 valence electrons. The normalized spacial score (nSPS) is 12.2. The highest BCUT2D eigenvalue weighted by atomic mass is 19.1. The van der Waals surface area contributed by atoms with E-state index in [1.807, 2.05) is 31.2 Å². The summed E-state index contributed by atoms with van der Waals surface area (Å²) in [5.41, 5.74) is 5.77. The van der Waals surface area contributed by atoms with Gasteiger partial charge < -0.3 is 4.74 Å². The molecule has 4 heteroatoms. The second kappa shape index (κ2) is 6.50. The molecular weight excluding hydrogens is 255 g/mol. The van der Waals surface area contributed by atoms with E-state index in [9.17, 15) is 4.39 Å². The molecule has 0 saturated heterocycles. The summed E-state index contributed by atoms with van der Waals surface area (Å²) in [6.07, 6.45) is 0.591. The molecule has 0 spiro atoms. The van der Waals surface area contributed by atoms with Crippen LogP contribution < -0.4 is 16.0 Å². The zero-order valence-corrected chi connectivity index (χ0v) is 11.7. The van der Waals surface area contributed by atoms with Gasteiger partial charge in [0.2, 0.25) is 0 Å². The fraction of sp³-hybridized carbons (Fsp3) is 0.250. The van der Waals surface area contributed by atoms with Crippen molar-refractivity contribution < 1.29 is 9.13 Å². The van der Waals surface area contributed by atoms with E-state index in [0.29, 0.717) is 6.42 Å². The van der Waals surface area contributed by atoms with E-state index in [-0.39, 0.29) is 11.9 Å². The lowest BCUT2D eigenvalue weighted by Crippen LogP contribution is -2.30. The quantitative estimate of drug-likeness (QED) is 0.651. The number of aryl methyl sites for hydroxylation is 1. The lowest BCUT2D eigenvalue weighted by Gasteiger charge is -2.20. The van der Waals surface area contributed by atoms with Gasteiger partial charge >= 0.3 is 0 Å². The van der Waals surface area contributed by atoms with Crippen molar-refractivity contribution in [3.63, 3.8) is 0 Å². The van der Waals surface area contributed by atoms with Gasteiger partial charge in [-0.3, -0.25) is 11.3 Å². The highest BCUT2D eigenvalue weighted by Crippen LogP contribution is 2.28. The van der Waals surface area contributed by atoms with Gasteiger partial charge in [-0.25, -0.2) is 4.39 Å². The highest BCUT2D eigenvalue weighted by Gasteiger charge is 2.16. The number of rotatable bonds is 5. The molecular formula is C16H19FN2O. The van der Waals surface area contributed by atoms with Gasteiger partial charge in [-0.15, -0.1) is 0 Å². The minimum Gasteiger partial charge on any atom is -0.496 e. The number of hydrogen-bond acceptors (Lipinski definition) is 3. The molecule has 0 heterocycles. The molecule has 2 aromatic carbocycles. The van der Waals surface area contributed by atoms with Gasteiger partial charge in [0.15, 0.2) is 0 Å². The van der Waals surface area contributed by atoms with Crippen LogP contribution in [-0.2, 0) is 6.42 Å². The van der Waals surface area contributed by atoms with Crippen LogP contribution in [0.25, 0.3) is 0 Å². The molecule has 3 nitrogen and oxygen atoms in total. The maximum Gasteiger partial charge on any atom is 0.123 e. The van der Waals surface area contributed by atoms with E-state index in [4.69, 9.17) is 10.6 Å². The minimum atomic E-state index is -0.241. The molecule has 3 N–H and O–H groups in total. The van der Waals surface area contributed by atoms with E-state index in [0.717, 1.165) is 22.4 Å². The summed E-state index contributed by atoms with van der Waals surface area (Å²) in [5.74, 6) is 6.20. The highest BCUT2D eigenvalue weighted by molar-refractivity contribution is 5.40. The van der Waals surface area contributed by atoms with Crippen molar-refractivity contribution in [2.45, 2.75) is 19.4 Å². The lowest BCUT2D eigenvalue weighted by atomic mass is 9.97. The smallest absolute Gasteiger partial charge is 0.123 e. The number of nitrogens with two attached hydrogens (primary N) is 1. The Morgan fingerprint density at radius 3 is 2.70 bits per heavy atom. The molecule has 0 saturated carbocycles. The molecule has 0 aliphatic carbocycles. The molecule has 2 rings (SSSR count). The third kappa shape index (κ3) is 3.35. The van der Waals surface area contributed by atoms with Crippen molar-refractivity contribution in [3.8, 4) is 5.75 Å². The van der Waals surface area contributed by atoms with Gasteiger partial charge in [0.25, 0.3) is 0 Å². The predicted octanol–water partition coefficient (Wildman–Crippen LogP) is 2.89. The number of hydrazine groups is 1. The van der Waals surface area contributed by atoms with E-state index >= 15 is 0 Å². The van der Waals surface area contributed by atoms with Crippen LogP contribution in [-0.4, -0.2) is 7.11 Å². The van der Waals surface area contributed by atoms with E-state index in [1.165, 1.54) is 12.1 Å². The van der Waals surface area contributed by atoms with Crippen molar-refractivity contribution >= 4 is 0 Å². The maximum atomic E-state index is 13.3. The number of ether oxygens (including phenoxy) is 1. The first kappa shape index (κ1) is 14.5. The minimum absolute atomic E-state index is 0.133. The Bertz CT molecular complexity index is 586. The molecule has 0 radical (unpaired) electrons. The molecule has 0 fully saturated rings. The molecule has 20 heavy (non-hydrogen) atoms. The molecule has 1 atom stereocenters. The van der Waals surface area contributed by atoms with Gasteiger partial charge in [0.05, 0.1) is 13.2 Å². The standard InChI is InChI=1S/C16H19FN2O/c1-11-6-7-16(20-2)14(8-11)15(19-18)10-12-4-3-5-13(17)9-12/h3-9,15,19H,10,18H2,1-2H3. The number of benzene rings is 2. The third-order valence-corrected chi connectivity index (χ3v) is 3.29. The number of hydrogen-bond donors (Lipinski definition) is 2. The van der Waals surface area contributed by atoms with Crippen LogP contribution in [0.5, 0.6) is 5.75 Å². The fourth-order valence-electron chi connectivity index (χ4n) is 2.28. The van der Waals surface area contributed by atoms with Crippen LogP contribution >= 0.6 is 0 Å². The Morgan fingerprint density at radius 2 is 2.05 bits per heavy atom. The average Bonchev–Trinajstić information content (AvgIpc) is 2.45. The van der Waals surface area contributed by atoms with Crippen LogP contribution in [0.2, 0.25) is 0 Å². The average molecular weight is 274 g/mol. The van der Waals surface area contributed by atoms with Crippen molar-refractivity contribution in [2.24, 2.45) is 5.84 Å². The molecule has 1 unspecified atom stereocenters. The van der Waals surface area contributed by atoms with Crippen LogP contribution in [0.3, 0.4) is 0 Å². The van der Waals surface area contributed by atoms with Gasteiger partial charge in [-0.2, -0.15) is 0 Å². The van der Waals surface area contributed by atoms with E-state index in [1.54, 1.807) is 13.2 Å². The summed E-state index contributed by atoms with van der Waals surface area (Å²) >= 11 is 0. The SMILES string of the molecule is COc1ccc(C)cc1C(Cc1cccc(F)c1)NN. The van der Waals surface area contributed by atoms with Crippen molar-refractivity contribution in [1.29, 1.82) is 0 Å². The van der Waals surface area contributed by atoms with Crippen LogP contribution in [0, 0.1) is 12.7 Å². The first-order chi connectivity index (χ1) is 9.63.